The lowest BCUT2D eigenvalue weighted by Crippen LogP contribution is -1.79. The van der Waals surface area contributed by atoms with Crippen LogP contribution >= 0.6 is 0 Å². The zero-order chi connectivity index (χ0) is 9.26. The predicted molar refractivity (Wildman–Crippen MR) is 46.4 cm³/mol. The molecule has 0 saturated carbocycles. The molecule has 0 aliphatic carbocycles. The third-order valence-electron chi connectivity index (χ3n) is 1.62. The molecule has 3 heteroatoms. The second-order valence-electron chi connectivity index (χ2n) is 2.65. The van der Waals surface area contributed by atoms with E-state index in [0.717, 1.165) is 0 Å². The van der Waals surface area contributed by atoms with Crippen molar-refractivity contribution in [3.05, 3.63) is 49.0 Å². The van der Waals surface area contributed by atoms with Gasteiger partial charge in [-0.15, -0.1) is 0 Å². The zero-order valence-corrected chi connectivity index (χ0v) is 6.83. The molecule has 0 spiro atoms. The quantitative estimate of drug-likeness (QED) is 0.667. The summed E-state index contributed by atoms with van der Waals surface area (Å²) in [6, 6.07) is 6.08. The minimum atomic E-state index is -0.304. The van der Waals surface area contributed by atoms with E-state index in [1.54, 1.807) is 12.1 Å². The van der Waals surface area contributed by atoms with Crippen LogP contribution in [0.25, 0.3) is 11.5 Å². The van der Waals surface area contributed by atoms with Crippen LogP contribution in [0.1, 0.15) is 5.69 Å². The number of hydrogen-bond donors (Lipinski definition) is 0. The van der Waals surface area contributed by atoms with Crippen molar-refractivity contribution < 1.29 is 8.81 Å². The van der Waals surface area contributed by atoms with Gasteiger partial charge in [-0.25, -0.2) is 9.37 Å². The first-order valence-corrected chi connectivity index (χ1v) is 3.79. The van der Waals surface area contributed by atoms with Gasteiger partial charge in [0.25, 0.3) is 0 Å². The second-order valence-corrected chi connectivity index (χ2v) is 2.65. The van der Waals surface area contributed by atoms with Crippen LogP contribution in [0.4, 0.5) is 4.39 Å². The molecule has 2 aromatic rings. The molecule has 0 saturated heterocycles. The molecule has 2 rings (SSSR count). The smallest absolute Gasteiger partial charge is 0.226 e. The summed E-state index contributed by atoms with van der Waals surface area (Å²) in [4.78, 5) is 3.98. The first kappa shape index (κ1) is 7.98. The van der Waals surface area contributed by atoms with Crippen LogP contribution in [0.2, 0.25) is 0 Å². The molecule has 0 unspecified atom stereocenters. The Kier molecular flexibility index (Phi) is 1.85. The molecule has 0 fully saturated rings. The molecular weight excluding hydrogens is 169 g/mol. The normalized spacial score (nSPS) is 10.3. The zero-order valence-electron chi connectivity index (χ0n) is 6.83. The van der Waals surface area contributed by atoms with Crippen molar-refractivity contribution in [2.24, 2.45) is 0 Å². The first-order chi connectivity index (χ1) is 6.25. The minimum absolute atomic E-state index is 0.304. The van der Waals surface area contributed by atoms with Gasteiger partial charge in [-0.2, -0.15) is 0 Å². The van der Waals surface area contributed by atoms with Crippen molar-refractivity contribution in [3.8, 4) is 11.5 Å². The van der Waals surface area contributed by atoms with Crippen molar-refractivity contribution >= 4 is 0 Å². The number of oxazole rings is 1. The Bertz CT molecular complexity index is 422. The van der Waals surface area contributed by atoms with Crippen molar-refractivity contribution in [3.63, 3.8) is 0 Å². The van der Waals surface area contributed by atoms with Crippen LogP contribution in [-0.2, 0) is 0 Å². The van der Waals surface area contributed by atoms with Crippen molar-refractivity contribution in [1.82, 2.24) is 4.98 Å². The Morgan fingerprint density at radius 3 is 2.85 bits per heavy atom. The summed E-state index contributed by atoms with van der Waals surface area (Å²) in [7, 11) is 0. The highest BCUT2D eigenvalue weighted by molar-refractivity contribution is 5.52. The molecule has 13 heavy (non-hydrogen) atoms. The summed E-state index contributed by atoms with van der Waals surface area (Å²) >= 11 is 0. The Morgan fingerprint density at radius 1 is 1.38 bits per heavy atom. The fraction of sp³-hybridized carbons (Fsp3) is 0. The molecule has 0 amide bonds. The number of nitrogens with zero attached hydrogens (tertiary/aromatic N) is 1. The van der Waals surface area contributed by atoms with Crippen molar-refractivity contribution in [2.45, 2.75) is 0 Å². The topological polar surface area (TPSA) is 26.0 Å². The van der Waals surface area contributed by atoms with Gasteiger partial charge < -0.3 is 4.42 Å². The molecule has 1 aromatic heterocycles. The lowest BCUT2D eigenvalue weighted by Gasteiger charge is -1.93. The third kappa shape index (κ3) is 1.59. The Balaban J connectivity index is 2.46. The monoisotopic (exact) mass is 176 g/mol. The lowest BCUT2D eigenvalue weighted by molar-refractivity contribution is 0.572. The van der Waals surface area contributed by atoms with Crippen LogP contribution in [0.3, 0.4) is 0 Å². The van der Waals surface area contributed by atoms with E-state index < -0.39 is 0 Å². The number of rotatable bonds is 1. The van der Waals surface area contributed by atoms with Gasteiger partial charge in [0.1, 0.15) is 12.1 Å². The van der Waals surface area contributed by atoms with E-state index in [0.29, 0.717) is 17.1 Å². The van der Waals surface area contributed by atoms with Crippen LogP contribution in [0.5, 0.6) is 0 Å². The van der Waals surface area contributed by atoms with E-state index in [9.17, 15) is 4.39 Å². The molecule has 2 nitrogen and oxygen atoms in total. The molecule has 1 aromatic carbocycles. The van der Waals surface area contributed by atoms with E-state index in [1.807, 2.05) is 0 Å². The van der Waals surface area contributed by atoms with Crippen LogP contribution in [0.15, 0.2) is 34.9 Å². The van der Waals surface area contributed by atoms with Crippen LogP contribution < -0.4 is 0 Å². The lowest BCUT2D eigenvalue weighted by atomic mass is 10.2. The summed E-state index contributed by atoms with van der Waals surface area (Å²) < 4.78 is 17.8. The highest BCUT2D eigenvalue weighted by Crippen LogP contribution is 2.18. The minimum Gasteiger partial charge on any atom is -0.444 e. The highest BCUT2D eigenvalue weighted by atomic mass is 19.1. The summed E-state index contributed by atoms with van der Waals surface area (Å²) in [5.41, 5.74) is 1.16. The molecule has 0 bridgehead atoms. The van der Waals surface area contributed by atoms with E-state index in [1.165, 1.54) is 18.4 Å². The van der Waals surface area contributed by atoms with Crippen LogP contribution in [-0.4, -0.2) is 4.98 Å². The average molecular weight is 176 g/mol. The molecule has 0 aliphatic rings. The van der Waals surface area contributed by atoms with E-state index in [4.69, 9.17) is 4.42 Å². The Labute approximate surface area is 75.0 Å². The van der Waals surface area contributed by atoms with Crippen molar-refractivity contribution in [2.75, 3.05) is 0 Å². The summed E-state index contributed by atoms with van der Waals surface area (Å²) in [5.74, 6) is 0.0887. The Morgan fingerprint density at radius 2 is 2.23 bits per heavy atom. The largest absolute Gasteiger partial charge is 0.444 e. The van der Waals surface area contributed by atoms with E-state index in [-0.39, 0.29) is 5.82 Å². The number of aromatic nitrogens is 1. The van der Waals surface area contributed by atoms with Gasteiger partial charge in [-0.3, -0.25) is 0 Å². The van der Waals surface area contributed by atoms with Gasteiger partial charge in [-0.05, 0) is 25.1 Å². The van der Waals surface area contributed by atoms with E-state index in [2.05, 4.69) is 11.9 Å². The SMILES string of the molecule is [CH2]c1coc(-c2cccc(F)c2)n1. The standard InChI is InChI=1S/C10H7FNO/c1-7-6-13-10(12-7)8-3-2-4-9(11)5-8/h2-6H,1H2. The van der Waals surface area contributed by atoms with Crippen molar-refractivity contribution in [1.29, 1.82) is 0 Å². The molecule has 0 atom stereocenters. The molecule has 1 heterocycles. The van der Waals surface area contributed by atoms with Gasteiger partial charge in [0.05, 0.1) is 5.69 Å². The molecule has 1 radical (unpaired) electrons. The number of hydrogen-bond acceptors (Lipinski definition) is 2. The number of benzene rings is 1. The fourth-order valence-electron chi connectivity index (χ4n) is 1.06. The average Bonchev–Trinajstić information content (AvgIpc) is 2.52. The highest BCUT2D eigenvalue weighted by Gasteiger charge is 2.04. The number of halogens is 1. The maximum Gasteiger partial charge on any atom is 0.226 e. The summed E-state index contributed by atoms with van der Waals surface area (Å²) in [6.45, 7) is 3.59. The van der Waals surface area contributed by atoms with Gasteiger partial charge in [0, 0.05) is 5.56 Å². The van der Waals surface area contributed by atoms with Crippen LogP contribution in [0, 0.1) is 12.7 Å². The first-order valence-electron chi connectivity index (χ1n) is 3.79. The Hall–Kier alpha value is -1.64. The molecule has 0 N–H and O–H groups in total. The maximum atomic E-state index is 12.8. The second kappa shape index (κ2) is 3.01. The molecule has 0 aliphatic heterocycles. The fourth-order valence-corrected chi connectivity index (χ4v) is 1.06. The summed E-state index contributed by atoms with van der Waals surface area (Å²) in [5, 5.41) is 0. The van der Waals surface area contributed by atoms with E-state index >= 15 is 0 Å². The maximum absolute atomic E-state index is 12.8. The third-order valence-corrected chi connectivity index (χ3v) is 1.62. The van der Waals surface area contributed by atoms with Gasteiger partial charge >= 0.3 is 0 Å². The van der Waals surface area contributed by atoms with Gasteiger partial charge in [0.2, 0.25) is 5.89 Å². The van der Waals surface area contributed by atoms with Gasteiger partial charge in [-0.1, -0.05) is 6.07 Å². The van der Waals surface area contributed by atoms with Gasteiger partial charge in [0.15, 0.2) is 0 Å². The predicted octanol–water partition coefficient (Wildman–Crippen LogP) is 2.66. The molecular formula is C10H7FNO. The summed E-state index contributed by atoms with van der Waals surface area (Å²) in [6.07, 6.45) is 1.43. The molecule has 65 valence electrons.